The summed E-state index contributed by atoms with van der Waals surface area (Å²) in [6.07, 6.45) is 18.5. The van der Waals surface area contributed by atoms with Gasteiger partial charge in [0.25, 0.3) is 5.97 Å². The number of carbonyl (C=O) groups is 7. The van der Waals surface area contributed by atoms with Crippen molar-refractivity contribution in [2.24, 2.45) is 32.5 Å². The van der Waals surface area contributed by atoms with Crippen LogP contribution in [0.15, 0.2) is 89.1 Å². The Morgan fingerprint density at radius 3 is 0.973 bits per heavy atom. The number of Topliss-reactive ketones (excluding diaryl/α,β-unsaturated/α-hetero) is 1. The molecule has 2 unspecified atom stereocenters. The summed E-state index contributed by atoms with van der Waals surface area (Å²) < 4.78 is 54.5. The van der Waals surface area contributed by atoms with Crippen LogP contribution in [0.3, 0.4) is 0 Å². The van der Waals surface area contributed by atoms with Crippen LogP contribution in [0.25, 0.3) is 11.6 Å². The highest BCUT2D eigenvalue weighted by molar-refractivity contribution is 7.57. The summed E-state index contributed by atoms with van der Waals surface area (Å²) in [7, 11) is -8.14. The van der Waals surface area contributed by atoms with E-state index in [9.17, 15) is 47.0 Å². The Bertz CT molecular complexity index is 3280. The van der Waals surface area contributed by atoms with Gasteiger partial charge < -0.3 is 44.0 Å². The maximum absolute atomic E-state index is 11.4. The van der Waals surface area contributed by atoms with E-state index in [4.69, 9.17) is 44.3 Å². The van der Waals surface area contributed by atoms with Crippen molar-refractivity contribution in [1.29, 1.82) is 0 Å². The number of rotatable bonds is 16. The van der Waals surface area contributed by atoms with Gasteiger partial charge in [-0.15, -0.1) is 13.2 Å². The molecule has 1 fully saturated rings. The van der Waals surface area contributed by atoms with E-state index in [2.05, 4.69) is 191 Å². The van der Waals surface area contributed by atoms with E-state index in [1.807, 2.05) is 76.2 Å². The first-order valence-electron chi connectivity index (χ1n) is 37.9. The fraction of sp³-hybridized carbons (Fsp3) is 0.670. The third kappa shape index (κ3) is 93.5. The Morgan fingerprint density at radius 2 is 0.830 bits per heavy atom. The Kier molecular flexibility index (Phi) is 83.3. The smallest absolute Gasteiger partial charge is 0.319 e. The van der Waals surface area contributed by atoms with E-state index in [0.29, 0.717) is 32.3 Å². The van der Waals surface area contributed by atoms with Gasteiger partial charge in [-0.05, 0) is 260 Å². The summed E-state index contributed by atoms with van der Waals surface area (Å²) in [6.45, 7) is 90.0. The van der Waals surface area contributed by atoms with Crippen LogP contribution in [0.2, 0.25) is 0 Å². The van der Waals surface area contributed by atoms with E-state index < -0.39 is 86.4 Å². The number of hydrogen-bond acceptors (Lipinski definition) is 14. The monoisotopic (exact) mass is 1690 g/mol. The highest BCUT2D eigenvalue weighted by Crippen LogP contribution is 2.43. The Hall–Kier alpha value is -5.41. The molecule has 0 spiro atoms. The van der Waals surface area contributed by atoms with Crippen LogP contribution in [-0.4, -0.2) is 139 Å². The van der Waals surface area contributed by atoms with E-state index in [1.54, 1.807) is 75.1 Å². The minimum absolute atomic E-state index is 0. The van der Waals surface area contributed by atoms with Crippen molar-refractivity contribution in [2.45, 2.75) is 295 Å². The maximum atomic E-state index is 11.4. The van der Waals surface area contributed by atoms with E-state index >= 15 is 0 Å². The SMILES string of the molecule is C/C=C(\C)C=C(C)C.C/C=C(\C)C=C(C)C.C/C=C(\C)C=C(C)C.C/C=c1/cc(C)c(C)c(C)c1=C(C)C.C=C.CC.CC(=O)O.CCC(C)(C)C(=O)O.CCC(C)(C)C(C)=O.CCC(C)(CC(C)(C)C(=O)O)C(=O)O.CCC1(C)CC(C)(C)C(=O)OC1=O.CCOP(C)(C)=O.COP(C)(C)=O.CP(C)(=O)O.CP(C)(=O)O.[2HH].[2HH].[2HH].[2HH].[2HH].[2HH]. The number of aliphatic carboxylic acids is 4. The molecule has 0 radical (unpaired) electrons. The molecule has 24 heteroatoms. The molecule has 20 nitrogen and oxygen atoms in total. The minimum Gasteiger partial charge on any atom is -0.481 e. The molecule has 112 heavy (non-hydrogen) atoms. The highest BCUT2D eigenvalue weighted by Gasteiger charge is 2.49. The number of esters is 2. The van der Waals surface area contributed by atoms with E-state index in [1.165, 1.54) is 99.9 Å². The molecule has 2 rings (SSSR count). The second kappa shape index (κ2) is 68.8. The summed E-state index contributed by atoms with van der Waals surface area (Å²) in [5, 5.41) is 36.5. The van der Waals surface area contributed by atoms with Crippen molar-refractivity contribution in [2.75, 3.05) is 67.0 Å². The molecule has 0 amide bonds. The van der Waals surface area contributed by atoms with Crippen LogP contribution < -0.4 is 10.4 Å². The number of carbonyl (C=O) groups excluding carboxylic acids is 3. The fourth-order valence-corrected chi connectivity index (χ4v) is 8.09. The molecule has 1 aromatic carbocycles. The number of hydrogen-bond donors (Lipinski definition) is 6. The van der Waals surface area contributed by atoms with Crippen molar-refractivity contribution < 1.29 is 104 Å². The number of carboxylic acids is 4. The zero-order valence-corrected chi connectivity index (χ0v) is 83.2. The molecule has 1 heterocycles. The summed E-state index contributed by atoms with van der Waals surface area (Å²) >= 11 is 0. The summed E-state index contributed by atoms with van der Waals surface area (Å²) in [4.78, 5) is 90.6. The largest absolute Gasteiger partial charge is 0.481 e. The summed E-state index contributed by atoms with van der Waals surface area (Å²) in [6, 6.07) is 2.28. The number of aryl methyl sites for hydroxylation is 1. The topological polar surface area (TPSA) is 337 Å². The van der Waals surface area contributed by atoms with Crippen LogP contribution in [-0.2, 0) is 65.6 Å². The van der Waals surface area contributed by atoms with Crippen molar-refractivity contribution in [3.63, 3.8) is 0 Å². The summed E-state index contributed by atoms with van der Waals surface area (Å²) in [5.74, 6) is -3.95. The van der Waals surface area contributed by atoms with Crippen LogP contribution in [0.5, 0.6) is 0 Å². The Labute approximate surface area is 694 Å². The first kappa shape index (κ1) is 136. The molecule has 2 atom stereocenters. The molecule has 1 aliphatic rings. The lowest BCUT2D eigenvalue weighted by molar-refractivity contribution is -0.184. The number of allylic oxidation sites excluding steroid dienone is 12. The van der Waals surface area contributed by atoms with Gasteiger partial charge in [0.1, 0.15) is 5.78 Å². The zero-order chi connectivity index (χ0) is 93.7. The molecule has 1 aromatic rings. The van der Waals surface area contributed by atoms with Gasteiger partial charge in [0.2, 0.25) is 0 Å². The number of cyclic esters (lactones) is 2. The predicted octanol–water partition coefficient (Wildman–Crippen LogP) is 25.9. The van der Waals surface area contributed by atoms with E-state index in [0.717, 1.165) is 13.3 Å². The van der Waals surface area contributed by atoms with Gasteiger partial charge in [0, 0.05) is 81.3 Å². The number of ketones is 1. The number of ether oxygens (including phenoxy) is 1. The third-order valence-corrected chi connectivity index (χ3v) is 17.4. The second-order valence-electron chi connectivity index (χ2n) is 31.7. The third-order valence-electron chi connectivity index (χ3n) is 15.6. The minimum atomic E-state index is -2.64. The number of carboxylic acid groups (broad SMARTS) is 4. The first-order chi connectivity index (χ1) is 49.8. The van der Waals surface area contributed by atoms with Crippen molar-refractivity contribution in [3.8, 4) is 0 Å². The molecule has 1 aliphatic heterocycles. The van der Waals surface area contributed by atoms with Gasteiger partial charge in [0.15, 0.2) is 29.5 Å². The molecule has 0 aromatic heterocycles. The van der Waals surface area contributed by atoms with Crippen molar-refractivity contribution in [3.05, 3.63) is 116 Å². The lowest BCUT2D eigenvalue weighted by atomic mass is 9.70. The van der Waals surface area contributed by atoms with Gasteiger partial charge in [-0.3, -0.25) is 51.8 Å². The van der Waals surface area contributed by atoms with Crippen molar-refractivity contribution in [1.82, 2.24) is 0 Å². The molecular formula is C88H182O20P4. The highest BCUT2D eigenvalue weighted by atomic mass is 31.2. The van der Waals surface area contributed by atoms with Crippen LogP contribution >= 0.6 is 29.5 Å². The molecular weight excluding hydrogens is 1500 g/mol. The van der Waals surface area contributed by atoms with E-state index in [-0.39, 0.29) is 32.1 Å². The average Bonchev–Trinajstić information content (AvgIpc) is 0.792. The normalized spacial score (nSPS) is 14.1. The first-order valence-corrected chi connectivity index (χ1v) is 48.0. The van der Waals surface area contributed by atoms with Crippen LogP contribution in [0.4, 0.5) is 0 Å². The van der Waals surface area contributed by atoms with Gasteiger partial charge in [-0.1, -0.05) is 143 Å². The Morgan fingerprint density at radius 1 is 0.536 bits per heavy atom. The molecule has 6 N–H and O–H groups in total. The zero-order valence-electron chi connectivity index (χ0n) is 79.7. The van der Waals surface area contributed by atoms with Crippen LogP contribution in [0.1, 0.15) is 299 Å². The Balaban J connectivity index is -0.0000000533. The fourth-order valence-electron chi connectivity index (χ4n) is 7.47. The maximum Gasteiger partial charge on any atom is 0.319 e. The summed E-state index contributed by atoms with van der Waals surface area (Å²) in [5.41, 5.74) is 10.1. The molecule has 0 bridgehead atoms. The molecule has 0 saturated carbocycles. The van der Waals surface area contributed by atoms with Gasteiger partial charge in [-0.25, -0.2) is 0 Å². The molecule has 674 valence electrons. The molecule has 1 saturated heterocycles. The quantitative estimate of drug-likeness (QED) is 0.0294. The molecule has 0 aliphatic carbocycles. The van der Waals surface area contributed by atoms with Gasteiger partial charge in [0.05, 0.1) is 33.7 Å². The average molecular weight is 1690 g/mol. The van der Waals surface area contributed by atoms with Gasteiger partial charge >= 0.3 is 29.8 Å². The second-order valence-corrected chi connectivity index (χ2v) is 42.6. The van der Waals surface area contributed by atoms with Gasteiger partial charge in [-0.2, -0.15) is 0 Å². The lowest BCUT2D eigenvalue weighted by Crippen LogP contribution is -2.46. The standard InChI is InChI=1S/C14H20.C10H18O4.C10H16O3.3C8H14.C7H14O.C6H12O2.C4H11O2P.C3H9O2P.2C2H7O2P.C2H4O2.C2H6.C2H4.6H2/c1-7-13-8-10(4)11(5)12(6)14(13)9(2)3;1-5-10(4,8(13)14)6-9(2,3)7(11)12;1-5-10(4)6-9(2,3)7(11)13-8(10)12;3*1-5-8(4)6-7(2)3;1-5-7(3,4)6(2)8;1-4-6(2,3)5(7)8;1-4-6-7(2,3)5;1-5-6(2,3)4;2*1-5(2,3)4;1-2(3)4;2*1-2;;;;;;/h7-8H,1-6H3;5-6H2,1-4H3,(H,11,12)(H,13,14);5-6H2,1-4H3;3*5-6H,1-4H3;5H2,1-4H3;4H2,1-3H3,(H,7,8);4H2,1-3H3;1-3H3;2*1-2H3,(H,3,4);1H3,(H,3,4);1-2H3;1-2H2;6*1H/b13-7-;;;3*8-5+;;;;;;;;;;;;;;;/i;;;;;;;;;;;;;;;6*1+1. The number of benzene rings is 1. The van der Waals surface area contributed by atoms with Crippen molar-refractivity contribution >= 4 is 82.7 Å². The lowest BCUT2D eigenvalue weighted by Gasteiger charge is -2.38. The predicted molar refractivity (Wildman–Crippen MR) is 497 cm³/mol. The van der Waals surface area contributed by atoms with Crippen LogP contribution in [0, 0.1) is 53.3 Å².